The number of rotatable bonds is 12. The van der Waals surface area contributed by atoms with Crippen molar-refractivity contribution in [3.05, 3.63) is 11.6 Å². The summed E-state index contributed by atoms with van der Waals surface area (Å²) in [7, 11) is 5.65. The molecule has 0 radical (unpaired) electrons. The number of allylic oxidation sites excluding steroid dienone is 1. The van der Waals surface area contributed by atoms with Gasteiger partial charge in [-0.1, -0.05) is 25.5 Å². The first-order chi connectivity index (χ1) is 16.9. The van der Waals surface area contributed by atoms with E-state index in [-0.39, 0.29) is 35.6 Å². The summed E-state index contributed by atoms with van der Waals surface area (Å²) in [6.45, 7) is 12.2. The third kappa shape index (κ3) is 6.79. The lowest BCUT2D eigenvalue weighted by molar-refractivity contribution is -0.125. The molecule has 2 amide bonds. The highest BCUT2D eigenvalue weighted by atomic mass is 16.6. The van der Waals surface area contributed by atoms with Gasteiger partial charge in [0.25, 0.3) is 0 Å². The van der Waals surface area contributed by atoms with Gasteiger partial charge >= 0.3 is 6.09 Å². The highest BCUT2D eigenvalue weighted by Crippen LogP contribution is 2.59. The summed E-state index contributed by atoms with van der Waals surface area (Å²) in [6.07, 6.45) is 3.98. The number of hydrogen-bond acceptors (Lipinski definition) is 7. The molecule has 2 N–H and O–H groups in total. The van der Waals surface area contributed by atoms with Crippen molar-refractivity contribution in [3.63, 3.8) is 0 Å². The van der Waals surface area contributed by atoms with Crippen molar-refractivity contribution in [3.8, 4) is 0 Å². The summed E-state index contributed by atoms with van der Waals surface area (Å²) in [5.74, 6) is -0.323. The van der Waals surface area contributed by atoms with Gasteiger partial charge in [-0.05, 0) is 73.0 Å². The van der Waals surface area contributed by atoms with E-state index in [1.54, 1.807) is 7.11 Å². The predicted octanol–water partition coefficient (Wildman–Crippen LogP) is 2.88. The number of methoxy groups -OCH3 is 1. The number of nitrogens with one attached hydrogen (secondary N) is 2. The van der Waals surface area contributed by atoms with Crippen LogP contribution in [-0.2, 0) is 23.7 Å². The highest BCUT2D eigenvalue weighted by Gasteiger charge is 2.72. The van der Waals surface area contributed by atoms with E-state index in [9.17, 15) is 9.59 Å². The zero-order valence-corrected chi connectivity index (χ0v) is 23.4. The SMILES string of the molecule is CO[C@H]1[C@H](C2(C)O[C@@H]2CC=C(C)C)[C@]2(CC[C@H]1OC(=O)N[C@@H](C(=O)NCCCN(C)C)C(C)C)CO2. The molecule has 9 nitrogen and oxygen atoms in total. The second-order valence-corrected chi connectivity index (χ2v) is 11.6. The van der Waals surface area contributed by atoms with Gasteiger partial charge < -0.3 is 34.5 Å². The van der Waals surface area contributed by atoms with Crippen LogP contribution in [0.15, 0.2) is 11.6 Å². The topological polar surface area (TPSA) is 105 Å². The summed E-state index contributed by atoms with van der Waals surface area (Å²) in [5.41, 5.74) is 0.587. The Hall–Kier alpha value is -1.68. The van der Waals surface area contributed by atoms with Gasteiger partial charge in [0.2, 0.25) is 5.91 Å². The molecule has 0 aromatic carbocycles. The molecule has 1 saturated carbocycles. The fourth-order valence-corrected chi connectivity index (χ4v) is 5.62. The van der Waals surface area contributed by atoms with Crippen molar-refractivity contribution in [2.45, 2.75) is 95.9 Å². The second-order valence-electron chi connectivity index (χ2n) is 11.6. The van der Waals surface area contributed by atoms with Crippen molar-refractivity contribution < 1.29 is 28.5 Å². The maximum absolute atomic E-state index is 13.0. The van der Waals surface area contributed by atoms with Gasteiger partial charge in [0, 0.05) is 13.7 Å². The zero-order valence-electron chi connectivity index (χ0n) is 23.4. The molecule has 2 saturated heterocycles. The van der Waals surface area contributed by atoms with E-state index in [1.165, 1.54) is 5.57 Å². The first kappa shape index (κ1) is 28.9. The van der Waals surface area contributed by atoms with Gasteiger partial charge in [0.15, 0.2) is 0 Å². The van der Waals surface area contributed by atoms with E-state index in [0.717, 1.165) is 25.8 Å². The molecule has 206 valence electrons. The number of carbonyl (C=O) groups excluding carboxylic acids is 2. The molecule has 1 spiro atoms. The van der Waals surface area contributed by atoms with Crippen LogP contribution >= 0.6 is 0 Å². The van der Waals surface area contributed by atoms with Crippen LogP contribution in [0.25, 0.3) is 0 Å². The lowest BCUT2D eigenvalue weighted by Crippen LogP contribution is -2.57. The van der Waals surface area contributed by atoms with Crippen molar-refractivity contribution in [2.75, 3.05) is 40.9 Å². The van der Waals surface area contributed by atoms with E-state index < -0.39 is 23.8 Å². The fraction of sp³-hybridized carbons (Fsp3) is 0.852. The number of epoxide rings is 2. The van der Waals surface area contributed by atoms with Gasteiger partial charge in [-0.3, -0.25) is 4.79 Å². The molecule has 3 rings (SSSR count). The number of carbonyl (C=O) groups is 2. The fourth-order valence-electron chi connectivity index (χ4n) is 5.62. The molecular weight excluding hydrogens is 462 g/mol. The molecule has 9 heteroatoms. The Kier molecular flexibility index (Phi) is 9.46. The minimum atomic E-state index is -0.673. The van der Waals surface area contributed by atoms with Crippen LogP contribution in [0.4, 0.5) is 4.79 Å². The van der Waals surface area contributed by atoms with Crippen LogP contribution < -0.4 is 10.6 Å². The van der Waals surface area contributed by atoms with Gasteiger partial charge in [0.05, 0.1) is 18.6 Å². The molecule has 0 aromatic heterocycles. The standard InChI is InChI=1S/C27H47N3O6/c1-17(2)10-11-20-26(5,36-20)23-22(33-8)19(12-13-27(23)16-34-27)35-25(32)29-21(18(3)4)24(31)28-14-9-15-30(6)7/h10,18-23H,9,11-16H2,1-8H3,(H,28,31)(H,29,32)/t19-,20-,21-,22-,23-,26?,27+/m1/s1. The summed E-state index contributed by atoms with van der Waals surface area (Å²) < 4.78 is 24.1. The van der Waals surface area contributed by atoms with Crippen molar-refractivity contribution in [1.29, 1.82) is 0 Å². The number of hydrogen-bond donors (Lipinski definition) is 2. The number of ether oxygens (including phenoxy) is 4. The molecule has 1 unspecified atom stereocenters. The predicted molar refractivity (Wildman–Crippen MR) is 138 cm³/mol. The summed E-state index contributed by atoms with van der Waals surface area (Å²) in [6, 6.07) is -0.673. The van der Waals surface area contributed by atoms with Crippen LogP contribution in [0.3, 0.4) is 0 Å². The van der Waals surface area contributed by atoms with Crippen LogP contribution in [0.5, 0.6) is 0 Å². The van der Waals surface area contributed by atoms with Gasteiger partial charge in [-0.2, -0.15) is 0 Å². The Balaban J connectivity index is 1.62. The van der Waals surface area contributed by atoms with E-state index in [2.05, 4.69) is 42.4 Å². The first-order valence-corrected chi connectivity index (χ1v) is 13.3. The second kappa shape index (κ2) is 11.8. The summed E-state index contributed by atoms with van der Waals surface area (Å²) in [4.78, 5) is 27.8. The molecule has 3 fully saturated rings. The van der Waals surface area contributed by atoms with Crippen LogP contribution in [-0.4, -0.2) is 93.4 Å². The third-order valence-electron chi connectivity index (χ3n) is 7.80. The molecule has 0 aromatic rings. The average molecular weight is 510 g/mol. The van der Waals surface area contributed by atoms with Gasteiger partial charge in [0.1, 0.15) is 29.5 Å². The summed E-state index contributed by atoms with van der Waals surface area (Å²) in [5, 5.41) is 5.72. The lowest BCUT2D eigenvalue weighted by atomic mass is 9.68. The Labute approximate surface area is 216 Å². The quantitative estimate of drug-likeness (QED) is 0.237. The molecule has 2 aliphatic heterocycles. The van der Waals surface area contributed by atoms with E-state index in [1.807, 2.05) is 27.9 Å². The third-order valence-corrected chi connectivity index (χ3v) is 7.80. The Bertz CT molecular complexity index is 807. The number of alkyl carbamates (subject to hydrolysis) is 1. The van der Waals surface area contributed by atoms with Gasteiger partial charge in [-0.25, -0.2) is 4.79 Å². The van der Waals surface area contributed by atoms with E-state index in [0.29, 0.717) is 19.6 Å². The smallest absolute Gasteiger partial charge is 0.408 e. The van der Waals surface area contributed by atoms with Crippen LogP contribution in [0.1, 0.15) is 60.3 Å². The molecular formula is C27H47N3O6. The lowest BCUT2D eigenvalue weighted by Gasteiger charge is -2.42. The Morgan fingerprint density at radius 1 is 1.25 bits per heavy atom. The molecule has 1 aliphatic carbocycles. The zero-order chi connectivity index (χ0) is 26.7. The van der Waals surface area contributed by atoms with E-state index >= 15 is 0 Å². The summed E-state index contributed by atoms with van der Waals surface area (Å²) >= 11 is 0. The van der Waals surface area contributed by atoms with Crippen LogP contribution in [0, 0.1) is 11.8 Å². The molecule has 0 bridgehead atoms. The van der Waals surface area contributed by atoms with Gasteiger partial charge in [-0.15, -0.1) is 0 Å². The number of amides is 2. The minimum Gasteiger partial charge on any atom is -0.443 e. The molecule has 36 heavy (non-hydrogen) atoms. The largest absolute Gasteiger partial charge is 0.443 e. The highest BCUT2D eigenvalue weighted by molar-refractivity contribution is 5.85. The van der Waals surface area contributed by atoms with Crippen molar-refractivity contribution >= 4 is 12.0 Å². The maximum atomic E-state index is 13.0. The number of nitrogens with zero attached hydrogens (tertiary/aromatic N) is 1. The Morgan fingerprint density at radius 3 is 2.50 bits per heavy atom. The molecule has 3 aliphatic rings. The van der Waals surface area contributed by atoms with Crippen LogP contribution in [0.2, 0.25) is 0 Å². The van der Waals surface area contributed by atoms with Crippen molar-refractivity contribution in [2.24, 2.45) is 11.8 Å². The normalized spacial score (nSPS) is 33.8. The van der Waals surface area contributed by atoms with E-state index in [4.69, 9.17) is 18.9 Å². The average Bonchev–Trinajstić information content (AvgIpc) is 3.71. The Morgan fingerprint density at radius 2 is 1.94 bits per heavy atom. The minimum absolute atomic E-state index is 0.0435. The molecule has 2 heterocycles. The monoisotopic (exact) mass is 509 g/mol. The van der Waals surface area contributed by atoms with Crippen molar-refractivity contribution in [1.82, 2.24) is 15.5 Å². The maximum Gasteiger partial charge on any atom is 0.408 e. The molecule has 7 atom stereocenters. The first-order valence-electron chi connectivity index (χ1n) is 13.3.